The van der Waals surface area contributed by atoms with Crippen LogP contribution in [0.5, 0.6) is 5.75 Å². The lowest BCUT2D eigenvalue weighted by molar-refractivity contribution is -0.126. The van der Waals surface area contributed by atoms with Gasteiger partial charge in [0.1, 0.15) is 24.0 Å². The van der Waals surface area contributed by atoms with Gasteiger partial charge >= 0.3 is 0 Å². The molecule has 0 saturated carbocycles. The lowest BCUT2D eigenvalue weighted by Crippen LogP contribution is -2.31. The lowest BCUT2D eigenvalue weighted by Gasteiger charge is -2.17. The molecule has 3 aromatic carbocycles. The Morgan fingerprint density at radius 3 is 2.28 bits per heavy atom. The van der Waals surface area contributed by atoms with Crippen LogP contribution in [-0.2, 0) is 11.4 Å². The molecule has 0 aliphatic carbocycles. The second kappa shape index (κ2) is 11.0. The zero-order chi connectivity index (χ0) is 22.9. The fourth-order valence-corrected chi connectivity index (χ4v) is 3.58. The molecule has 0 aromatic heterocycles. The van der Waals surface area contributed by atoms with Gasteiger partial charge in [-0.15, -0.1) is 0 Å². The molecule has 3 rings (SSSR count). The summed E-state index contributed by atoms with van der Waals surface area (Å²) in [5.41, 5.74) is 5.65. The number of carbonyl (C=O) groups excluding carboxylic acids is 1. The Morgan fingerprint density at radius 1 is 0.969 bits per heavy atom. The molecule has 3 aromatic rings. The average molecular weight is 425 g/mol. The van der Waals surface area contributed by atoms with E-state index in [-0.39, 0.29) is 11.5 Å². The molecule has 0 spiro atoms. The summed E-state index contributed by atoms with van der Waals surface area (Å²) in [6.45, 7) is 7.54. The molecule has 0 saturated heterocycles. The normalized spacial score (nSPS) is 11.0. The van der Waals surface area contributed by atoms with Gasteiger partial charge in [-0.05, 0) is 66.8 Å². The SMILES string of the molecule is CCN(CC)C(=O)/C(C#N)=C/c1ccc(OCc2cccc(-c3ccccc3)c2C)cc1. The number of hydrogen-bond acceptors (Lipinski definition) is 3. The molecule has 0 aliphatic rings. The molecule has 1 amide bonds. The largest absolute Gasteiger partial charge is 0.489 e. The van der Waals surface area contributed by atoms with Crippen LogP contribution in [0.15, 0.2) is 78.4 Å². The first kappa shape index (κ1) is 22.8. The second-order valence-corrected chi connectivity index (χ2v) is 7.46. The van der Waals surface area contributed by atoms with Gasteiger partial charge in [-0.25, -0.2) is 0 Å². The lowest BCUT2D eigenvalue weighted by atomic mass is 9.97. The molecule has 0 aliphatic heterocycles. The number of nitrogens with zero attached hydrogens (tertiary/aromatic N) is 2. The van der Waals surface area contributed by atoms with Gasteiger partial charge in [0, 0.05) is 13.1 Å². The van der Waals surface area contributed by atoms with Crippen LogP contribution in [0.3, 0.4) is 0 Å². The summed E-state index contributed by atoms with van der Waals surface area (Å²) in [4.78, 5) is 14.1. The van der Waals surface area contributed by atoms with Gasteiger partial charge in [0.25, 0.3) is 5.91 Å². The van der Waals surface area contributed by atoms with E-state index in [1.54, 1.807) is 11.0 Å². The zero-order valence-electron chi connectivity index (χ0n) is 18.8. The molecule has 0 radical (unpaired) electrons. The minimum Gasteiger partial charge on any atom is -0.489 e. The van der Waals surface area contributed by atoms with Gasteiger partial charge < -0.3 is 9.64 Å². The van der Waals surface area contributed by atoms with Crippen LogP contribution < -0.4 is 4.74 Å². The smallest absolute Gasteiger partial charge is 0.264 e. The highest BCUT2D eigenvalue weighted by molar-refractivity contribution is 6.01. The van der Waals surface area contributed by atoms with Crippen LogP contribution >= 0.6 is 0 Å². The summed E-state index contributed by atoms with van der Waals surface area (Å²) in [5.74, 6) is 0.492. The number of nitriles is 1. The van der Waals surface area contributed by atoms with E-state index in [1.807, 2.05) is 62.4 Å². The maximum Gasteiger partial charge on any atom is 0.264 e. The maximum atomic E-state index is 12.4. The molecule has 162 valence electrons. The highest BCUT2D eigenvalue weighted by Gasteiger charge is 2.15. The van der Waals surface area contributed by atoms with Crippen molar-refractivity contribution >= 4 is 12.0 Å². The van der Waals surface area contributed by atoms with E-state index in [1.165, 1.54) is 16.7 Å². The molecule has 4 heteroatoms. The van der Waals surface area contributed by atoms with E-state index in [0.29, 0.717) is 19.7 Å². The number of amides is 1. The van der Waals surface area contributed by atoms with Crippen molar-refractivity contribution < 1.29 is 9.53 Å². The van der Waals surface area contributed by atoms with Gasteiger partial charge in [0.2, 0.25) is 0 Å². The molecule has 0 bridgehead atoms. The van der Waals surface area contributed by atoms with Crippen LogP contribution in [0, 0.1) is 18.3 Å². The van der Waals surface area contributed by atoms with E-state index in [2.05, 4.69) is 37.3 Å². The summed E-state index contributed by atoms with van der Waals surface area (Å²) in [6.07, 6.45) is 1.62. The molecule has 0 atom stereocenters. The average Bonchev–Trinajstić information content (AvgIpc) is 2.84. The van der Waals surface area contributed by atoms with E-state index in [4.69, 9.17) is 4.74 Å². The molecule has 0 unspecified atom stereocenters. The van der Waals surface area contributed by atoms with Crippen molar-refractivity contribution in [2.75, 3.05) is 13.1 Å². The topological polar surface area (TPSA) is 53.3 Å². The number of ether oxygens (including phenoxy) is 1. The van der Waals surface area contributed by atoms with Gasteiger partial charge in [-0.2, -0.15) is 5.26 Å². The number of rotatable bonds is 8. The van der Waals surface area contributed by atoms with E-state index in [0.717, 1.165) is 16.9 Å². The second-order valence-electron chi connectivity index (χ2n) is 7.46. The van der Waals surface area contributed by atoms with Crippen molar-refractivity contribution in [3.8, 4) is 22.9 Å². The predicted molar refractivity (Wildman–Crippen MR) is 129 cm³/mol. The minimum atomic E-state index is -0.244. The summed E-state index contributed by atoms with van der Waals surface area (Å²) < 4.78 is 6.01. The molecular weight excluding hydrogens is 396 g/mol. The Kier molecular flexibility index (Phi) is 7.83. The highest BCUT2D eigenvalue weighted by atomic mass is 16.5. The Bertz CT molecular complexity index is 1120. The molecule has 32 heavy (non-hydrogen) atoms. The fraction of sp³-hybridized carbons (Fsp3) is 0.214. The molecule has 0 fully saturated rings. The van der Waals surface area contributed by atoms with Crippen LogP contribution in [0.4, 0.5) is 0 Å². The molecule has 0 heterocycles. The molecule has 0 N–H and O–H groups in total. The zero-order valence-corrected chi connectivity index (χ0v) is 18.8. The van der Waals surface area contributed by atoms with Crippen molar-refractivity contribution in [1.82, 2.24) is 4.90 Å². The van der Waals surface area contributed by atoms with E-state index < -0.39 is 0 Å². The monoisotopic (exact) mass is 424 g/mol. The van der Waals surface area contributed by atoms with Crippen molar-refractivity contribution in [2.24, 2.45) is 0 Å². The van der Waals surface area contributed by atoms with Gasteiger partial charge in [0.05, 0.1) is 0 Å². The van der Waals surface area contributed by atoms with Crippen LogP contribution in [0.25, 0.3) is 17.2 Å². The van der Waals surface area contributed by atoms with E-state index in [9.17, 15) is 10.1 Å². The highest BCUT2D eigenvalue weighted by Crippen LogP contribution is 2.26. The summed E-state index contributed by atoms with van der Waals surface area (Å²) in [5, 5.41) is 9.40. The number of benzene rings is 3. The predicted octanol–water partition coefficient (Wildman–Crippen LogP) is 6.02. The molecule has 4 nitrogen and oxygen atoms in total. The van der Waals surface area contributed by atoms with Crippen molar-refractivity contribution in [2.45, 2.75) is 27.4 Å². The van der Waals surface area contributed by atoms with Gasteiger partial charge in [-0.3, -0.25) is 4.79 Å². The minimum absolute atomic E-state index is 0.135. The maximum absolute atomic E-state index is 12.4. The van der Waals surface area contributed by atoms with Crippen LogP contribution in [0.2, 0.25) is 0 Å². The van der Waals surface area contributed by atoms with E-state index >= 15 is 0 Å². The van der Waals surface area contributed by atoms with Gasteiger partial charge in [-0.1, -0.05) is 60.7 Å². The Morgan fingerprint density at radius 2 is 1.66 bits per heavy atom. The first-order chi connectivity index (χ1) is 15.6. The Labute approximate surface area is 190 Å². The number of likely N-dealkylation sites (N-methyl/N-ethyl adjacent to an activating group) is 1. The van der Waals surface area contributed by atoms with Crippen LogP contribution in [0.1, 0.15) is 30.5 Å². The summed E-state index contributed by atoms with van der Waals surface area (Å²) >= 11 is 0. The molecular formula is C28H28N2O2. The quantitative estimate of drug-likeness (QED) is 0.328. The van der Waals surface area contributed by atoms with Gasteiger partial charge in [0.15, 0.2) is 0 Å². The summed E-state index contributed by atoms with van der Waals surface area (Å²) in [7, 11) is 0. The Balaban J connectivity index is 1.71. The number of hydrogen-bond donors (Lipinski definition) is 0. The fourth-order valence-electron chi connectivity index (χ4n) is 3.58. The third-order valence-electron chi connectivity index (χ3n) is 5.52. The Hall–Kier alpha value is -3.84. The third-order valence-corrected chi connectivity index (χ3v) is 5.52. The van der Waals surface area contributed by atoms with Crippen LogP contribution in [-0.4, -0.2) is 23.9 Å². The number of carbonyl (C=O) groups is 1. The first-order valence-electron chi connectivity index (χ1n) is 10.8. The van der Waals surface area contributed by atoms with Crippen molar-refractivity contribution in [3.63, 3.8) is 0 Å². The summed E-state index contributed by atoms with van der Waals surface area (Å²) in [6, 6.07) is 26.0. The first-order valence-corrected chi connectivity index (χ1v) is 10.8. The standard InChI is InChI=1S/C28H28N2O2/c1-4-30(5-2)28(31)25(19-29)18-22-14-16-26(17-15-22)32-20-24-12-9-13-27(21(24)3)23-10-7-6-8-11-23/h6-18H,4-5,20H2,1-3H3/b25-18+. The third kappa shape index (κ3) is 5.44. The van der Waals surface area contributed by atoms with Crippen molar-refractivity contribution in [3.05, 3.63) is 95.1 Å². The van der Waals surface area contributed by atoms with Crippen molar-refractivity contribution in [1.29, 1.82) is 5.26 Å².